The molecule has 0 aromatic heterocycles. The van der Waals surface area contributed by atoms with Gasteiger partial charge in [0.15, 0.2) is 5.12 Å². The summed E-state index contributed by atoms with van der Waals surface area (Å²) in [6.07, 6.45) is -0.0996. The normalized spacial score (nSPS) is 17.5. The lowest BCUT2D eigenvalue weighted by atomic mass is 10.1. The molecule has 0 aliphatic carbocycles. The Morgan fingerprint density at radius 2 is 2.08 bits per heavy atom. The number of nitrogens with one attached hydrogen (secondary N) is 1. The Morgan fingerprint density at radius 3 is 2.72 bits per heavy atom. The van der Waals surface area contributed by atoms with Crippen molar-refractivity contribution in [3.8, 4) is 0 Å². The average molecular weight is 364 g/mol. The predicted molar refractivity (Wildman–Crippen MR) is 99.9 cm³/mol. The van der Waals surface area contributed by atoms with Crippen LogP contribution in [0.15, 0.2) is 24.3 Å². The average Bonchev–Trinajstić information content (AvgIpc) is 2.84. The molecule has 136 valence electrons. The van der Waals surface area contributed by atoms with Gasteiger partial charge in [0.2, 0.25) is 5.91 Å². The lowest BCUT2D eigenvalue weighted by Crippen LogP contribution is -2.27. The van der Waals surface area contributed by atoms with Gasteiger partial charge in [0.1, 0.15) is 5.60 Å². The Bertz CT molecular complexity index is 669. The van der Waals surface area contributed by atoms with Crippen molar-refractivity contribution in [3.05, 3.63) is 24.3 Å². The van der Waals surface area contributed by atoms with E-state index < -0.39 is 11.7 Å². The van der Waals surface area contributed by atoms with Crippen LogP contribution in [0.2, 0.25) is 0 Å². The van der Waals surface area contributed by atoms with Gasteiger partial charge in [0.25, 0.3) is 0 Å². The first-order valence-corrected chi connectivity index (χ1v) is 9.16. The number of ether oxygens (including phenoxy) is 1. The highest BCUT2D eigenvalue weighted by Crippen LogP contribution is 2.29. The van der Waals surface area contributed by atoms with Gasteiger partial charge in [-0.05, 0) is 44.9 Å². The maximum atomic E-state index is 12.3. The summed E-state index contributed by atoms with van der Waals surface area (Å²) >= 11 is 1.25. The minimum atomic E-state index is -0.575. The quantitative estimate of drug-likeness (QED) is 0.882. The molecule has 7 heteroatoms. The molecule has 1 atom stereocenters. The van der Waals surface area contributed by atoms with Crippen LogP contribution < -0.4 is 10.2 Å². The van der Waals surface area contributed by atoms with Crippen molar-refractivity contribution in [1.82, 2.24) is 0 Å². The Balaban J connectivity index is 2.02. The molecule has 1 unspecified atom stereocenters. The van der Waals surface area contributed by atoms with Gasteiger partial charge in [-0.3, -0.25) is 14.9 Å². The van der Waals surface area contributed by atoms with Crippen LogP contribution in [0.3, 0.4) is 0 Å². The van der Waals surface area contributed by atoms with Gasteiger partial charge < -0.3 is 9.64 Å². The third-order valence-corrected chi connectivity index (χ3v) is 4.58. The Morgan fingerprint density at radius 1 is 1.36 bits per heavy atom. The molecule has 6 nitrogen and oxygen atoms in total. The first kappa shape index (κ1) is 19.3. The maximum absolute atomic E-state index is 12.3. The highest BCUT2D eigenvalue weighted by Gasteiger charge is 2.31. The molecule has 2 rings (SSSR count). The van der Waals surface area contributed by atoms with E-state index in [4.69, 9.17) is 4.74 Å². The van der Waals surface area contributed by atoms with Crippen molar-refractivity contribution in [2.45, 2.75) is 39.7 Å². The summed E-state index contributed by atoms with van der Waals surface area (Å²) in [6.45, 7) is 7.50. The minimum Gasteiger partial charge on any atom is -0.444 e. The molecule has 1 fully saturated rings. The van der Waals surface area contributed by atoms with Crippen LogP contribution in [0.1, 0.15) is 34.1 Å². The van der Waals surface area contributed by atoms with E-state index in [1.54, 1.807) is 43.9 Å². The van der Waals surface area contributed by atoms with E-state index in [2.05, 4.69) is 5.32 Å². The number of benzene rings is 1. The third-order valence-electron chi connectivity index (χ3n) is 3.53. The van der Waals surface area contributed by atoms with Crippen LogP contribution in [-0.4, -0.2) is 35.0 Å². The zero-order valence-corrected chi connectivity index (χ0v) is 15.8. The van der Waals surface area contributed by atoms with E-state index in [1.165, 1.54) is 18.7 Å². The molecular formula is C18H24N2O4S. The fraction of sp³-hybridized carbons (Fsp3) is 0.500. The van der Waals surface area contributed by atoms with Gasteiger partial charge in [0, 0.05) is 37.0 Å². The third kappa shape index (κ3) is 6.08. The summed E-state index contributed by atoms with van der Waals surface area (Å²) in [6, 6.07) is 7.12. The standard InChI is InChI=1S/C18H24N2O4S/c1-12(21)25-11-13-8-16(22)20(10-13)15-7-5-6-14(9-15)19-17(23)24-18(2,3)4/h5-7,9,13H,8,10-11H2,1-4H3,(H,19,23). The first-order valence-electron chi connectivity index (χ1n) is 8.18. The summed E-state index contributed by atoms with van der Waals surface area (Å²) in [5.74, 6) is 0.834. The van der Waals surface area contributed by atoms with Gasteiger partial charge in [0.05, 0.1) is 0 Å². The van der Waals surface area contributed by atoms with E-state index in [-0.39, 0.29) is 16.9 Å². The zero-order chi connectivity index (χ0) is 18.6. The van der Waals surface area contributed by atoms with E-state index in [0.717, 1.165) is 5.69 Å². The number of hydrogen-bond donors (Lipinski definition) is 1. The van der Waals surface area contributed by atoms with Gasteiger partial charge in [-0.2, -0.15) is 0 Å². The monoisotopic (exact) mass is 364 g/mol. The molecule has 1 aliphatic heterocycles. The molecule has 2 amide bonds. The topological polar surface area (TPSA) is 75.7 Å². The smallest absolute Gasteiger partial charge is 0.412 e. The minimum absolute atomic E-state index is 0.0311. The molecule has 1 aromatic rings. The van der Waals surface area contributed by atoms with Crippen LogP contribution in [0.5, 0.6) is 0 Å². The van der Waals surface area contributed by atoms with Crippen LogP contribution in [0.4, 0.5) is 16.2 Å². The summed E-state index contributed by atoms with van der Waals surface area (Å²) < 4.78 is 5.23. The number of amides is 2. The van der Waals surface area contributed by atoms with E-state index in [9.17, 15) is 14.4 Å². The largest absolute Gasteiger partial charge is 0.444 e. The Labute approximate surface area is 152 Å². The van der Waals surface area contributed by atoms with Gasteiger partial charge in [-0.25, -0.2) is 4.79 Å². The molecule has 0 radical (unpaired) electrons. The number of thioether (sulfide) groups is 1. The van der Waals surface area contributed by atoms with Gasteiger partial charge >= 0.3 is 6.09 Å². The molecule has 1 heterocycles. The molecule has 0 spiro atoms. The summed E-state index contributed by atoms with van der Waals surface area (Å²) in [4.78, 5) is 36.9. The number of nitrogens with zero attached hydrogens (tertiary/aromatic N) is 1. The lowest BCUT2D eigenvalue weighted by molar-refractivity contribution is -0.117. The summed E-state index contributed by atoms with van der Waals surface area (Å²) in [5.41, 5.74) is 0.726. The number of carbonyl (C=O) groups excluding carboxylic acids is 3. The number of carbonyl (C=O) groups is 3. The number of hydrogen-bond acceptors (Lipinski definition) is 5. The molecule has 0 bridgehead atoms. The maximum Gasteiger partial charge on any atom is 0.412 e. The van der Waals surface area contributed by atoms with Crippen LogP contribution >= 0.6 is 11.8 Å². The second kappa shape index (κ2) is 7.91. The van der Waals surface area contributed by atoms with Crippen molar-refractivity contribution in [2.24, 2.45) is 5.92 Å². The zero-order valence-electron chi connectivity index (χ0n) is 15.0. The van der Waals surface area contributed by atoms with E-state index >= 15 is 0 Å². The Kier molecular flexibility index (Phi) is 6.11. The Hall–Kier alpha value is -2.02. The molecule has 1 aromatic carbocycles. The van der Waals surface area contributed by atoms with Crippen molar-refractivity contribution >= 4 is 40.3 Å². The van der Waals surface area contributed by atoms with Crippen molar-refractivity contribution < 1.29 is 19.1 Å². The summed E-state index contributed by atoms with van der Waals surface area (Å²) in [7, 11) is 0. The number of anilines is 2. The van der Waals surface area contributed by atoms with Crippen LogP contribution in [0, 0.1) is 5.92 Å². The van der Waals surface area contributed by atoms with Crippen LogP contribution in [0.25, 0.3) is 0 Å². The second-order valence-corrected chi connectivity index (χ2v) is 8.25. The highest BCUT2D eigenvalue weighted by atomic mass is 32.2. The van der Waals surface area contributed by atoms with Crippen molar-refractivity contribution in [3.63, 3.8) is 0 Å². The first-order chi connectivity index (χ1) is 11.6. The summed E-state index contributed by atoms with van der Waals surface area (Å²) in [5, 5.41) is 2.74. The second-order valence-electron chi connectivity index (χ2n) is 7.05. The molecular weight excluding hydrogens is 340 g/mol. The van der Waals surface area contributed by atoms with E-state index in [1.807, 2.05) is 6.07 Å². The van der Waals surface area contributed by atoms with Gasteiger partial charge in [-0.1, -0.05) is 17.8 Å². The highest BCUT2D eigenvalue weighted by molar-refractivity contribution is 8.13. The van der Waals surface area contributed by atoms with Crippen molar-refractivity contribution in [1.29, 1.82) is 0 Å². The molecule has 25 heavy (non-hydrogen) atoms. The van der Waals surface area contributed by atoms with Gasteiger partial charge in [-0.15, -0.1) is 0 Å². The van der Waals surface area contributed by atoms with E-state index in [0.29, 0.717) is 24.4 Å². The number of rotatable bonds is 4. The fourth-order valence-electron chi connectivity index (χ4n) is 2.55. The molecule has 0 saturated carbocycles. The molecule has 1 N–H and O–H groups in total. The molecule has 1 saturated heterocycles. The SMILES string of the molecule is CC(=O)SCC1CC(=O)N(c2cccc(NC(=O)OC(C)(C)C)c2)C1. The fourth-order valence-corrected chi connectivity index (χ4v) is 3.24. The predicted octanol–water partition coefficient (Wildman–Crippen LogP) is 3.67. The molecule has 1 aliphatic rings. The van der Waals surface area contributed by atoms with Crippen LogP contribution in [-0.2, 0) is 14.3 Å². The lowest BCUT2D eigenvalue weighted by Gasteiger charge is -2.21. The van der Waals surface area contributed by atoms with Crippen molar-refractivity contribution in [2.75, 3.05) is 22.5 Å².